The van der Waals surface area contributed by atoms with Crippen molar-refractivity contribution >= 4 is 5.78 Å². The van der Waals surface area contributed by atoms with E-state index in [0.29, 0.717) is 17.6 Å². The summed E-state index contributed by atoms with van der Waals surface area (Å²) >= 11 is 0. The molecular weight excluding hydrogens is 256 g/mol. The standard InChI is InChI=1S/C20H22O/c21-15-9-13-6-5-11-2-1-10-3-4-12-7-8-14(15)20-18(12)16(10)17(11)19(13)20/h5-6,10,12,14,16,18,20H,1-4,7-9H2. The Kier molecular flexibility index (Phi) is 1.97. The van der Waals surface area contributed by atoms with Crippen molar-refractivity contribution in [3.8, 4) is 0 Å². The second-order valence-corrected chi connectivity index (χ2v) is 8.30. The largest absolute Gasteiger partial charge is 0.299 e. The topological polar surface area (TPSA) is 17.1 Å². The van der Waals surface area contributed by atoms with Crippen molar-refractivity contribution in [3.05, 3.63) is 34.4 Å². The molecule has 6 atom stereocenters. The highest BCUT2D eigenvalue weighted by atomic mass is 16.1. The van der Waals surface area contributed by atoms with E-state index in [1.165, 1.54) is 44.1 Å². The van der Waals surface area contributed by atoms with Gasteiger partial charge in [-0.2, -0.15) is 0 Å². The van der Waals surface area contributed by atoms with Crippen LogP contribution in [0.1, 0.15) is 66.2 Å². The van der Waals surface area contributed by atoms with Crippen LogP contribution in [0, 0.1) is 23.7 Å². The van der Waals surface area contributed by atoms with Crippen LogP contribution in [-0.2, 0) is 17.6 Å². The third kappa shape index (κ3) is 1.20. The molecule has 0 bridgehead atoms. The summed E-state index contributed by atoms with van der Waals surface area (Å²) in [5.41, 5.74) is 6.53. The molecule has 0 aliphatic heterocycles. The van der Waals surface area contributed by atoms with Gasteiger partial charge in [0.05, 0.1) is 0 Å². The zero-order chi connectivity index (χ0) is 13.7. The molecule has 1 aromatic carbocycles. The minimum absolute atomic E-state index is 0.384. The van der Waals surface area contributed by atoms with Crippen LogP contribution in [0.4, 0.5) is 0 Å². The summed E-state index contributed by atoms with van der Waals surface area (Å²) in [5.74, 6) is 5.10. The van der Waals surface area contributed by atoms with Crippen LogP contribution in [0.3, 0.4) is 0 Å². The van der Waals surface area contributed by atoms with E-state index in [4.69, 9.17) is 0 Å². The fourth-order valence-electron chi connectivity index (χ4n) is 7.16. The van der Waals surface area contributed by atoms with E-state index >= 15 is 0 Å². The molecule has 0 saturated heterocycles. The highest BCUT2D eigenvalue weighted by molar-refractivity contribution is 5.88. The van der Waals surface area contributed by atoms with Gasteiger partial charge in [-0.15, -0.1) is 0 Å². The van der Waals surface area contributed by atoms with Gasteiger partial charge in [-0.05, 0) is 90.4 Å². The van der Waals surface area contributed by atoms with Crippen LogP contribution in [0.15, 0.2) is 12.1 Å². The third-order valence-electron chi connectivity index (χ3n) is 7.77. The zero-order valence-electron chi connectivity index (χ0n) is 12.5. The highest BCUT2D eigenvalue weighted by Crippen LogP contribution is 2.67. The van der Waals surface area contributed by atoms with Crippen LogP contribution in [0.2, 0.25) is 0 Å². The Hall–Kier alpha value is -1.11. The quantitative estimate of drug-likeness (QED) is 0.701. The van der Waals surface area contributed by atoms with Gasteiger partial charge in [0.2, 0.25) is 0 Å². The van der Waals surface area contributed by atoms with Crippen molar-refractivity contribution < 1.29 is 4.79 Å². The van der Waals surface area contributed by atoms with E-state index in [0.717, 1.165) is 30.1 Å². The lowest BCUT2D eigenvalue weighted by atomic mass is 9.55. The van der Waals surface area contributed by atoms with E-state index in [-0.39, 0.29) is 0 Å². The summed E-state index contributed by atoms with van der Waals surface area (Å²) in [6.45, 7) is 0. The predicted octanol–water partition coefficient (Wildman–Crippen LogP) is 3.99. The van der Waals surface area contributed by atoms with Crippen LogP contribution in [-0.4, -0.2) is 5.78 Å². The summed E-state index contributed by atoms with van der Waals surface area (Å²) in [6.07, 6.45) is 8.86. The summed E-state index contributed by atoms with van der Waals surface area (Å²) < 4.78 is 0. The maximum Gasteiger partial charge on any atom is 0.140 e. The second kappa shape index (κ2) is 3.62. The van der Waals surface area contributed by atoms with E-state index in [1.54, 1.807) is 16.7 Å². The van der Waals surface area contributed by atoms with Crippen molar-refractivity contribution in [2.24, 2.45) is 23.7 Å². The molecule has 1 aromatic rings. The Labute approximate surface area is 126 Å². The first-order chi connectivity index (χ1) is 10.3. The Morgan fingerprint density at radius 1 is 0.810 bits per heavy atom. The SMILES string of the molecule is O=C1Cc2ccc3c4c2C2C1CCC1CCC(CC3)C4C12. The lowest BCUT2D eigenvalue weighted by Crippen LogP contribution is -2.42. The van der Waals surface area contributed by atoms with Crippen molar-refractivity contribution in [3.63, 3.8) is 0 Å². The molecule has 2 fully saturated rings. The third-order valence-corrected chi connectivity index (χ3v) is 7.77. The number of ketones is 1. The van der Waals surface area contributed by atoms with Gasteiger partial charge in [0.15, 0.2) is 0 Å². The summed E-state index contributed by atoms with van der Waals surface area (Å²) in [5, 5.41) is 0. The molecule has 0 amide bonds. The number of Topliss-reactive ketones (excluding diaryl/α,β-unsaturated/α-hetero) is 1. The number of aryl methyl sites for hydroxylation is 1. The zero-order valence-corrected chi connectivity index (χ0v) is 12.5. The molecule has 1 nitrogen and oxygen atoms in total. The molecule has 21 heavy (non-hydrogen) atoms. The molecular formula is C20H22O. The summed E-state index contributed by atoms with van der Waals surface area (Å²) in [7, 11) is 0. The van der Waals surface area contributed by atoms with Gasteiger partial charge in [-0.3, -0.25) is 4.79 Å². The van der Waals surface area contributed by atoms with Gasteiger partial charge in [0.1, 0.15) is 5.78 Å². The molecule has 5 aliphatic rings. The lowest BCUT2D eigenvalue weighted by Gasteiger charge is -2.49. The Morgan fingerprint density at radius 2 is 1.57 bits per heavy atom. The smallest absolute Gasteiger partial charge is 0.140 e. The molecule has 108 valence electrons. The summed E-state index contributed by atoms with van der Waals surface area (Å²) in [4.78, 5) is 12.7. The molecule has 0 spiro atoms. The maximum atomic E-state index is 12.7. The van der Waals surface area contributed by atoms with Crippen molar-refractivity contribution in [1.29, 1.82) is 0 Å². The van der Waals surface area contributed by atoms with Crippen LogP contribution < -0.4 is 0 Å². The van der Waals surface area contributed by atoms with Crippen LogP contribution >= 0.6 is 0 Å². The van der Waals surface area contributed by atoms with Crippen LogP contribution in [0.25, 0.3) is 0 Å². The van der Waals surface area contributed by atoms with Gasteiger partial charge in [-0.25, -0.2) is 0 Å². The molecule has 6 rings (SSSR count). The molecule has 0 heterocycles. The van der Waals surface area contributed by atoms with Crippen molar-refractivity contribution in [2.75, 3.05) is 0 Å². The average Bonchev–Trinajstić information content (AvgIpc) is 2.88. The first kappa shape index (κ1) is 11.5. The molecule has 0 radical (unpaired) electrons. The van der Waals surface area contributed by atoms with E-state index < -0.39 is 0 Å². The molecule has 1 heteroatoms. The van der Waals surface area contributed by atoms with Crippen molar-refractivity contribution in [1.82, 2.24) is 0 Å². The number of benzene rings is 1. The molecule has 6 unspecified atom stereocenters. The molecule has 5 aliphatic carbocycles. The summed E-state index contributed by atoms with van der Waals surface area (Å²) in [6, 6.07) is 4.68. The molecule has 0 aromatic heterocycles. The average molecular weight is 278 g/mol. The van der Waals surface area contributed by atoms with E-state index in [2.05, 4.69) is 12.1 Å². The van der Waals surface area contributed by atoms with Gasteiger partial charge in [-0.1, -0.05) is 12.1 Å². The van der Waals surface area contributed by atoms with Gasteiger partial charge >= 0.3 is 0 Å². The number of carbonyl (C=O) groups is 1. The Morgan fingerprint density at radius 3 is 2.52 bits per heavy atom. The fourth-order valence-corrected chi connectivity index (χ4v) is 7.16. The predicted molar refractivity (Wildman–Crippen MR) is 81.4 cm³/mol. The lowest BCUT2D eigenvalue weighted by molar-refractivity contribution is -0.126. The number of carbonyl (C=O) groups excluding carboxylic acids is 1. The minimum atomic E-state index is 0.384. The Bertz CT molecular complexity index is 673. The monoisotopic (exact) mass is 278 g/mol. The first-order valence-electron chi connectivity index (χ1n) is 9.00. The molecule has 0 N–H and O–H groups in total. The second-order valence-electron chi connectivity index (χ2n) is 8.30. The fraction of sp³-hybridized carbons (Fsp3) is 0.650. The van der Waals surface area contributed by atoms with Crippen LogP contribution in [0.5, 0.6) is 0 Å². The maximum absolute atomic E-state index is 12.7. The van der Waals surface area contributed by atoms with Gasteiger partial charge in [0, 0.05) is 12.3 Å². The number of rotatable bonds is 0. The van der Waals surface area contributed by atoms with Gasteiger partial charge in [0.25, 0.3) is 0 Å². The van der Waals surface area contributed by atoms with E-state index in [1.807, 2.05) is 0 Å². The highest BCUT2D eigenvalue weighted by Gasteiger charge is 2.58. The normalized spacial score (nSPS) is 44.9. The molecule has 2 saturated carbocycles. The Balaban J connectivity index is 1.68. The number of hydrogen-bond acceptors (Lipinski definition) is 1. The van der Waals surface area contributed by atoms with E-state index in [9.17, 15) is 4.79 Å². The minimum Gasteiger partial charge on any atom is -0.299 e. The van der Waals surface area contributed by atoms with Crippen molar-refractivity contribution in [2.45, 2.75) is 56.8 Å². The first-order valence-corrected chi connectivity index (χ1v) is 9.00. The van der Waals surface area contributed by atoms with Gasteiger partial charge < -0.3 is 0 Å². The number of hydrogen-bond donors (Lipinski definition) is 0.